The van der Waals surface area contributed by atoms with Crippen LogP contribution < -0.4 is 10.1 Å². The van der Waals surface area contributed by atoms with Gasteiger partial charge in [-0.1, -0.05) is 51.1 Å². The van der Waals surface area contributed by atoms with E-state index in [2.05, 4.69) is 63.3 Å². The number of rotatable bonds is 6. The average Bonchev–Trinajstić information content (AvgIpc) is 2.48. The highest BCUT2D eigenvalue weighted by molar-refractivity contribution is 5.43. The summed E-state index contributed by atoms with van der Waals surface area (Å²) in [5.74, 6) is 2.34. The Morgan fingerprint density at radius 2 is 1.81 bits per heavy atom. The quantitative estimate of drug-likeness (QED) is 0.803. The average molecular weight is 283 g/mol. The van der Waals surface area contributed by atoms with Crippen LogP contribution in [0, 0.1) is 6.92 Å². The van der Waals surface area contributed by atoms with E-state index < -0.39 is 0 Å². The van der Waals surface area contributed by atoms with E-state index in [1.807, 2.05) is 12.1 Å². The summed E-state index contributed by atoms with van der Waals surface area (Å²) in [6, 6.07) is 14.7. The molecule has 112 valence electrons. The van der Waals surface area contributed by atoms with Gasteiger partial charge in [-0.2, -0.15) is 0 Å². The molecule has 2 heteroatoms. The highest BCUT2D eigenvalue weighted by Crippen LogP contribution is 2.32. The van der Waals surface area contributed by atoms with Crippen LogP contribution in [0.15, 0.2) is 42.5 Å². The summed E-state index contributed by atoms with van der Waals surface area (Å²) in [5.41, 5.74) is 3.71. The second-order valence-electron chi connectivity index (χ2n) is 5.67. The van der Waals surface area contributed by atoms with E-state index in [0.29, 0.717) is 5.92 Å². The van der Waals surface area contributed by atoms with E-state index in [9.17, 15) is 0 Å². The number of ether oxygens (including phenoxy) is 1. The van der Waals surface area contributed by atoms with Gasteiger partial charge in [-0.25, -0.2) is 0 Å². The topological polar surface area (TPSA) is 21.3 Å². The number of hydrogen-bond donors (Lipinski definition) is 1. The highest BCUT2D eigenvalue weighted by Gasteiger charge is 2.09. The summed E-state index contributed by atoms with van der Waals surface area (Å²) in [6.45, 7) is 10.5. The molecule has 0 unspecified atom stereocenters. The van der Waals surface area contributed by atoms with Crippen molar-refractivity contribution in [1.29, 1.82) is 0 Å². The smallest absolute Gasteiger partial charge is 0.130 e. The molecule has 0 atom stereocenters. The van der Waals surface area contributed by atoms with E-state index >= 15 is 0 Å². The molecule has 1 N–H and O–H groups in total. The maximum absolute atomic E-state index is 6.14. The fourth-order valence-electron chi connectivity index (χ4n) is 2.37. The molecule has 0 spiro atoms. The lowest BCUT2D eigenvalue weighted by Crippen LogP contribution is -2.11. The molecule has 0 aliphatic heterocycles. The minimum Gasteiger partial charge on any atom is -0.457 e. The van der Waals surface area contributed by atoms with Gasteiger partial charge in [-0.3, -0.25) is 0 Å². The summed E-state index contributed by atoms with van der Waals surface area (Å²) in [4.78, 5) is 0. The second kappa shape index (κ2) is 7.28. The van der Waals surface area contributed by atoms with Crippen LogP contribution in [0.5, 0.6) is 11.5 Å². The summed E-state index contributed by atoms with van der Waals surface area (Å²) in [5, 5.41) is 3.34. The molecule has 0 radical (unpaired) electrons. The maximum Gasteiger partial charge on any atom is 0.130 e. The molecule has 2 nitrogen and oxygen atoms in total. The fraction of sp³-hybridized carbons (Fsp3) is 0.368. The van der Waals surface area contributed by atoms with Gasteiger partial charge in [0.25, 0.3) is 0 Å². The molecule has 0 aromatic heterocycles. The van der Waals surface area contributed by atoms with Crippen molar-refractivity contribution in [2.45, 2.75) is 40.2 Å². The molecular formula is C19H25NO. The first-order valence-electron chi connectivity index (χ1n) is 7.68. The Hall–Kier alpha value is -1.80. The monoisotopic (exact) mass is 283 g/mol. The molecule has 0 amide bonds. The van der Waals surface area contributed by atoms with Gasteiger partial charge in [0.2, 0.25) is 0 Å². The minimum absolute atomic E-state index is 0.453. The van der Waals surface area contributed by atoms with Crippen molar-refractivity contribution >= 4 is 0 Å². The fourth-order valence-corrected chi connectivity index (χ4v) is 2.37. The SMILES string of the molecule is CCNCc1ccc(Oc2ccccc2C(C)C)c(C)c1. The van der Waals surface area contributed by atoms with E-state index in [0.717, 1.165) is 24.6 Å². The first-order chi connectivity index (χ1) is 10.1. The van der Waals surface area contributed by atoms with E-state index in [1.54, 1.807) is 0 Å². The zero-order valence-electron chi connectivity index (χ0n) is 13.4. The molecule has 2 aromatic rings. The van der Waals surface area contributed by atoms with Crippen molar-refractivity contribution in [3.8, 4) is 11.5 Å². The van der Waals surface area contributed by atoms with Crippen LogP contribution in [0.1, 0.15) is 43.4 Å². The van der Waals surface area contributed by atoms with Crippen molar-refractivity contribution in [2.75, 3.05) is 6.54 Å². The Kier molecular flexibility index (Phi) is 5.40. The molecule has 0 bridgehead atoms. The first-order valence-corrected chi connectivity index (χ1v) is 7.68. The lowest BCUT2D eigenvalue weighted by Gasteiger charge is -2.15. The van der Waals surface area contributed by atoms with E-state index in [-0.39, 0.29) is 0 Å². The molecule has 0 aliphatic carbocycles. The van der Waals surface area contributed by atoms with Gasteiger partial charge < -0.3 is 10.1 Å². The molecule has 0 saturated heterocycles. The molecular weight excluding hydrogens is 258 g/mol. The summed E-state index contributed by atoms with van der Waals surface area (Å²) < 4.78 is 6.14. The molecule has 0 fully saturated rings. The van der Waals surface area contributed by atoms with Gasteiger partial charge in [-0.15, -0.1) is 0 Å². The number of benzene rings is 2. The lowest BCUT2D eigenvalue weighted by molar-refractivity contribution is 0.469. The molecule has 0 saturated carbocycles. The largest absolute Gasteiger partial charge is 0.457 e. The van der Waals surface area contributed by atoms with Crippen molar-refractivity contribution in [2.24, 2.45) is 0 Å². The zero-order valence-corrected chi connectivity index (χ0v) is 13.4. The van der Waals surface area contributed by atoms with Gasteiger partial charge in [0.15, 0.2) is 0 Å². The van der Waals surface area contributed by atoms with Crippen molar-refractivity contribution < 1.29 is 4.74 Å². The van der Waals surface area contributed by atoms with Gasteiger partial charge in [0.05, 0.1) is 0 Å². The Labute approximate surface area is 128 Å². The molecule has 0 aliphatic rings. The summed E-state index contributed by atoms with van der Waals surface area (Å²) >= 11 is 0. The Morgan fingerprint density at radius 3 is 2.48 bits per heavy atom. The number of nitrogens with one attached hydrogen (secondary N) is 1. The van der Waals surface area contributed by atoms with Crippen LogP contribution in [-0.4, -0.2) is 6.54 Å². The molecule has 2 rings (SSSR count). The van der Waals surface area contributed by atoms with Crippen molar-refractivity contribution in [3.63, 3.8) is 0 Å². The zero-order chi connectivity index (χ0) is 15.2. The summed E-state index contributed by atoms with van der Waals surface area (Å²) in [7, 11) is 0. The standard InChI is InChI=1S/C19H25NO/c1-5-20-13-16-10-11-18(15(4)12-16)21-19-9-7-6-8-17(19)14(2)3/h6-12,14,20H,5,13H2,1-4H3. The van der Waals surface area contributed by atoms with Gasteiger partial charge in [-0.05, 0) is 48.2 Å². The van der Waals surface area contributed by atoms with Crippen LogP contribution in [-0.2, 0) is 6.54 Å². The normalized spacial score (nSPS) is 10.9. The Morgan fingerprint density at radius 1 is 1.05 bits per heavy atom. The van der Waals surface area contributed by atoms with Crippen LogP contribution in [0.4, 0.5) is 0 Å². The van der Waals surface area contributed by atoms with Crippen LogP contribution >= 0.6 is 0 Å². The van der Waals surface area contributed by atoms with Gasteiger partial charge in [0.1, 0.15) is 11.5 Å². The number of para-hydroxylation sites is 1. The third-order valence-electron chi connectivity index (χ3n) is 3.58. The minimum atomic E-state index is 0.453. The first kappa shape index (κ1) is 15.6. The van der Waals surface area contributed by atoms with Gasteiger partial charge in [0, 0.05) is 6.54 Å². The van der Waals surface area contributed by atoms with Crippen molar-refractivity contribution in [3.05, 3.63) is 59.2 Å². The van der Waals surface area contributed by atoms with Crippen LogP contribution in [0.25, 0.3) is 0 Å². The third-order valence-corrected chi connectivity index (χ3v) is 3.58. The Balaban J connectivity index is 2.20. The predicted octanol–water partition coefficient (Wildman–Crippen LogP) is 5.02. The number of hydrogen-bond acceptors (Lipinski definition) is 2. The maximum atomic E-state index is 6.14. The summed E-state index contributed by atoms with van der Waals surface area (Å²) in [6.07, 6.45) is 0. The Bertz CT molecular complexity index is 590. The molecule has 21 heavy (non-hydrogen) atoms. The third kappa shape index (κ3) is 4.08. The lowest BCUT2D eigenvalue weighted by atomic mass is 10.0. The van der Waals surface area contributed by atoms with Gasteiger partial charge >= 0.3 is 0 Å². The number of aryl methyl sites for hydroxylation is 1. The van der Waals surface area contributed by atoms with E-state index in [4.69, 9.17) is 4.74 Å². The van der Waals surface area contributed by atoms with Crippen molar-refractivity contribution in [1.82, 2.24) is 5.32 Å². The van der Waals surface area contributed by atoms with E-state index in [1.165, 1.54) is 16.7 Å². The van der Waals surface area contributed by atoms with Crippen LogP contribution in [0.2, 0.25) is 0 Å². The molecule has 2 aromatic carbocycles. The molecule has 0 heterocycles. The highest BCUT2D eigenvalue weighted by atomic mass is 16.5. The van der Waals surface area contributed by atoms with Crippen LogP contribution in [0.3, 0.4) is 0 Å². The second-order valence-corrected chi connectivity index (χ2v) is 5.67. The predicted molar refractivity (Wildman–Crippen MR) is 89.2 cm³/mol.